The summed E-state index contributed by atoms with van der Waals surface area (Å²) >= 11 is -0.886. The van der Waals surface area contributed by atoms with Gasteiger partial charge in [-0.1, -0.05) is 6.08 Å². The Hall–Kier alpha value is -2.53. The molecular weight excluding hydrogens is 443 g/mol. The van der Waals surface area contributed by atoms with E-state index in [-0.39, 0.29) is 5.82 Å². The van der Waals surface area contributed by atoms with E-state index in [1.165, 1.54) is 6.07 Å². The molecule has 1 aliphatic carbocycles. The van der Waals surface area contributed by atoms with Gasteiger partial charge in [-0.2, -0.15) is 5.10 Å². The number of ether oxygens (including phenoxy) is 1. The van der Waals surface area contributed by atoms with Crippen LogP contribution in [0.4, 0.5) is 4.39 Å². The number of nitrogens with one attached hydrogen (secondary N) is 2. The van der Waals surface area contributed by atoms with Crippen LogP contribution >= 0.6 is 0 Å². The Bertz CT molecular complexity index is 1020. The Morgan fingerprint density at radius 2 is 2.21 bits per heavy atom. The lowest BCUT2D eigenvalue weighted by Crippen LogP contribution is -2.39. The molecule has 1 aromatic carbocycles. The van der Waals surface area contributed by atoms with Gasteiger partial charge in [-0.25, -0.2) is 4.39 Å². The predicted molar refractivity (Wildman–Crippen MR) is 127 cm³/mol. The molecule has 0 bridgehead atoms. The first-order chi connectivity index (χ1) is 16.2. The molecule has 1 saturated carbocycles. The largest absolute Gasteiger partial charge is 0.598 e. The summed E-state index contributed by atoms with van der Waals surface area (Å²) in [5.41, 5.74) is 3.60. The lowest BCUT2D eigenvalue weighted by Gasteiger charge is -2.29. The Labute approximate surface area is 196 Å². The fourth-order valence-electron chi connectivity index (χ4n) is 4.41. The monoisotopic (exact) mass is 472 g/mol. The van der Waals surface area contributed by atoms with Crippen molar-refractivity contribution in [3.05, 3.63) is 64.9 Å². The van der Waals surface area contributed by atoms with E-state index < -0.39 is 11.4 Å². The second-order valence-corrected chi connectivity index (χ2v) is 10.2. The van der Waals surface area contributed by atoms with Crippen LogP contribution in [0.5, 0.6) is 5.75 Å². The summed E-state index contributed by atoms with van der Waals surface area (Å²) in [6.45, 7) is 2.76. The van der Waals surface area contributed by atoms with Gasteiger partial charge in [0.15, 0.2) is 5.84 Å². The van der Waals surface area contributed by atoms with Crippen LogP contribution in [0, 0.1) is 5.82 Å². The summed E-state index contributed by atoms with van der Waals surface area (Å²) < 4.78 is 34.5. The maximum absolute atomic E-state index is 14.4. The number of hydrogen-bond donors (Lipinski definition) is 3. The van der Waals surface area contributed by atoms with Gasteiger partial charge in [0.1, 0.15) is 16.8 Å². The molecule has 0 spiro atoms. The number of rotatable bonds is 7. The fraction of sp³-hybridized carbons (Fsp3) is 0.435. The predicted octanol–water partition coefficient (Wildman–Crippen LogP) is 1.80. The molecule has 10 heteroatoms. The van der Waals surface area contributed by atoms with Crippen molar-refractivity contribution >= 4 is 17.2 Å². The molecule has 4 N–H and O–H groups in total. The number of hydrogen-bond acceptors (Lipinski definition) is 7. The van der Waals surface area contributed by atoms with E-state index in [2.05, 4.69) is 21.8 Å². The Balaban J connectivity index is 1.25. The van der Waals surface area contributed by atoms with Crippen molar-refractivity contribution in [1.82, 2.24) is 19.8 Å². The van der Waals surface area contributed by atoms with Gasteiger partial charge in [-0.05, 0) is 24.1 Å². The molecule has 3 aliphatic heterocycles. The van der Waals surface area contributed by atoms with Gasteiger partial charge in [-0.3, -0.25) is 5.32 Å². The van der Waals surface area contributed by atoms with Crippen LogP contribution in [0.2, 0.25) is 0 Å². The topological polar surface area (TPSA) is 101 Å². The van der Waals surface area contributed by atoms with Crippen molar-refractivity contribution in [1.29, 1.82) is 0 Å². The number of amidine groups is 1. The fourth-order valence-corrected chi connectivity index (χ4v) is 5.86. The molecular formula is C23H29FN6O2S. The first-order valence-electron chi connectivity index (χ1n) is 11.3. The number of benzene rings is 1. The van der Waals surface area contributed by atoms with Gasteiger partial charge in [0, 0.05) is 79.0 Å². The van der Waals surface area contributed by atoms with Gasteiger partial charge in [-0.15, -0.1) is 4.31 Å². The van der Waals surface area contributed by atoms with Crippen LogP contribution in [-0.2, 0) is 24.3 Å². The lowest BCUT2D eigenvalue weighted by atomic mass is 9.99. The summed E-state index contributed by atoms with van der Waals surface area (Å²) in [4.78, 5) is 1.90. The first-order valence-corrected chi connectivity index (χ1v) is 12.5. The number of hydrazone groups is 1. The van der Waals surface area contributed by atoms with Crippen molar-refractivity contribution in [3.8, 4) is 5.75 Å². The summed E-state index contributed by atoms with van der Waals surface area (Å²) in [5.74, 6) is 6.97. The quantitative estimate of drug-likeness (QED) is 0.316. The molecule has 1 atom stereocenters. The second-order valence-electron chi connectivity index (χ2n) is 8.49. The molecule has 1 fully saturated rings. The molecule has 4 aliphatic rings. The van der Waals surface area contributed by atoms with E-state index in [4.69, 9.17) is 10.6 Å². The van der Waals surface area contributed by atoms with Crippen LogP contribution in [0.25, 0.3) is 0 Å². The molecule has 0 aromatic heterocycles. The summed E-state index contributed by atoms with van der Waals surface area (Å²) in [5, 5.41) is 10.9. The minimum atomic E-state index is -0.886. The van der Waals surface area contributed by atoms with E-state index >= 15 is 0 Å². The molecule has 0 saturated heterocycles. The highest BCUT2D eigenvalue weighted by Crippen LogP contribution is 2.33. The minimum Gasteiger partial charge on any atom is -0.598 e. The Morgan fingerprint density at radius 1 is 1.33 bits per heavy atom. The average Bonchev–Trinajstić information content (AvgIpc) is 3.61. The number of fused-ring (bicyclic) bond motifs is 1. The molecule has 3 heterocycles. The maximum Gasteiger partial charge on any atom is 0.162 e. The molecule has 0 radical (unpaired) electrons. The van der Waals surface area contributed by atoms with Crippen LogP contribution in [0.15, 0.2) is 53.1 Å². The molecule has 5 rings (SSSR count). The molecule has 176 valence electrons. The van der Waals surface area contributed by atoms with Gasteiger partial charge >= 0.3 is 0 Å². The van der Waals surface area contributed by atoms with Gasteiger partial charge in [0.05, 0.1) is 19.8 Å². The number of nitrogens with two attached hydrogens (primary N) is 1. The third-order valence-electron chi connectivity index (χ3n) is 6.32. The average molecular weight is 473 g/mol. The zero-order valence-electron chi connectivity index (χ0n) is 18.4. The standard InChI is InChI=1S/C23H29FN6O2S/c24-21-3-4-22-18(7-12-32-22)20(21)14-27-15-29-11-8-26-13-19(23(29)28-25)16-5-9-30(10-6-16)33(31)17-1-2-17/h3-5,8,11,13,17,26-27H,1-2,6-7,9-10,12,14-15,25H2/b28-23-. The highest BCUT2D eigenvalue weighted by Gasteiger charge is 2.39. The van der Waals surface area contributed by atoms with Crippen LogP contribution in [-0.4, -0.2) is 51.2 Å². The molecule has 1 aromatic rings. The van der Waals surface area contributed by atoms with Gasteiger partial charge in [0.25, 0.3) is 0 Å². The van der Waals surface area contributed by atoms with E-state index in [0.29, 0.717) is 43.0 Å². The van der Waals surface area contributed by atoms with Crippen molar-refractivity contribution in [2.45, 2.75) is 37.5 Å². The number of halogens is 1. The highest BCUT2D eigenvalue weighted by atomic mass is 32.2. The van der Waals surface area contributed by atoms with Crippen LogP contribution in [0.1, 0.15) is 30.4 Å². The SMILES string of the molecule is N/N=C1/C(C2=CCN([S+]([O-])C3CC3)CC2)=CNC=CN1CNCc1c(F)ccc2c1CCO2. The third kappa shape index (κ3) is 4.74. The zero-order valence-corrected chi connectivity index (χ0v) is 19.2. The normalized spacial score (nSPS) is 22.8. The third-order valence-corrected chi connectivity index (χ3v) is 8.20. The van der Waals surface area contributed by atoms with Crippen molar-refractivity contribution in [2.75, 3.05) is 26.4 Å². The van der Waals surface area contributed by atoms with Crippen LogP contribution in [0.3, 0.4) is 0 Å². The zero-order chi connectivity index (χ0) is 22.8. The van der Waals surface area contributed by atoms with E-state index in [9.17, 15) is 8.94 Å². The molecule has 1 unspecified atom stereocenters. The summed E-state index contributed by atoms with van der Waals surface area (Å²) in [6.07, 6.45) is 11.3. The van der Waals surface area contributed by atoms with E-state index in [1.54, 1.807) is 6.07 Å². The van der Waals surface area contributed by atoms with Crippen molar-refractivity contribution in [2.24, 2.45) is 10.9 Å². The minimum absolute atomic E-state index is 0.228. The van der Waals surface area contributed by atoms with Gasteiger partial charge in [0.2, 0.25) is 0 Å². The summed E-state index contributed by atoms with van der Waals surface area (Å²) in [7, 11) is 0. The van der Waals surface area contributed by atoms with Crippen LogP contribution < -0.4 is 21.2 Å². The van der Waals surface area contributed by atoms with Gasteiger partial charge < -0.3 is 25.3 Å². The van der Waals surface area contributed by atoms with Crippen molar-refractivity contribution in [3.63, 3.8) is 0 Å². The molecule has 8 nitrogen and oxygen atoms in total. The molecule has 33 heavy (non-hydrogen) atoms. The lowest BCUT2D eigenvalue weighted by molar-refractivity contribution is 0.356. The first kappa shape index (κ1) is 22.3. The highest BCUT2D eigenvalue weighted by molar-refractivity contribution is 7.90. The summed E-state index contributed by atoms with van der Waals surface area (Å²) in [6, 6.07) is 3.15. The second kappa shape index (κ2) is 9.76. The molecule has 0 amide bonds. The Kier molecular flexibility index (Phi) is 6.59. The van der Waals surface area contributed by atoms with E-state index in [1.807, 2.05) is 27.8 Å². The van der Waals surface area contributed by atoms with Crippen molar-refractivity contribution < 1.29 is 13.7 Å². The maximum atomic E-state index is 14.4. The Morgan fingerprint density at radius 3 is 2.97 bits per heavy atom. The van der Waals surface area contributed by atoms with E-state index in [0.717, 1.165) is 54.7 Å². The smallest absolute Gasteiger partial charge is 0.162 e. The number of nitrogens with zero attached hydrogens (tertiary/aromatic N) is 3.